The Morgan fingerprint density at radius 2 is 2.06 bits per heavy atom. The summed E-state index contributed by atoms with van der Waals surface area (Å²) in [5.74, 6) is 0.550. The largest absolute Gasteiger partial charge is 0.341 e. The van der Waals surface area contributed by atoms with E-state index in [9.17, 15) is 4.79 Å². The number of halogens is 1. The topological polar surface area (TPSA) is 32.3 Å². The average molecular weight is 247 g/mol. The minimum absolute atomic E-state index is 0. The van der Waals surface area contributed by atoms with Gasteiger partial charge in [-0.1, -0.05) is 13.8 Å². The summed E-state index contributed by atoms with van der Waals surface area (Å²) < 4.78 is 0. The van der Waals surface area contributed by atoms with E-state index in [4.69, 9.17) is 0 Å². The molecule has 2 heterocycles. The first kappa shape index (κ1) is 13.8. The van der Waals surface area contributed by atoms with Crippen LogP contribution in [0.3, 0.4) is 0 Å². The van der Waals surface area contributed by atoms with Gasteiger partial charge in [-0.05, 0) is 25.7 Å². The Hall–Kier alpha value is -0.280. The van der Waals surface area contributed by atoms with Crippen LogP contribution in [0, 0.1) is 5.92 Å². The lowest BCUT2D eigenvalue weighted by atomic mass is 10.0. The van der Waals surface area contributed by atoms with Crippen LogP contribution in [0.5, 0.6) is 0 Å². The van der Waals surface area contributed by atoms with Gasteiger partial charge in [-0.15, -0.1) is 12.4 Å². The van der Waals surface area contributed by atoms with Crippen LogP contribution in [0.2, 0.25) is 0 Å². The van der Waals surface area contributed by atoms with Crippen LogP contribution in [0.1, 0.15) is 39.5 Å². The molecule has 2 aliphatic heterocycles. The number of fused-ring (bicyclic) bond motifs is 2. The van der Waals surface area contributed by atoms with Gasteiger partial charge in [0.2, 0.25) is 5.91 Å². The van der Waals surface area contributed by atoms with Crippen molar-refractivity contribution in [1.82, 2.24) is 10.2 Å². The summed E-state index contributed by atoms with van der Waals surface area (Å²) in [6, 6.07) is 1.23. The fraction of sp³-hybridized carbons (Fsp3) is 0.917. The van der Waals surface area contributed by atoms with E-state index in [2.05, 4.69) is 17.1 Å². The van der Waals surface area contributed by atoms with Crippen molar-refractivity contribution >= 4 is 18.3 Å². The molecule has 0 spiro atoms. The maximum Gasteiger partial charge on any atom is 0.225 e. The molecule has 2 saturated heterocycles. The Balaban J connectivity index is 0.00000128. The molecule has 3 nitrogen and oxygen atoms in total. The normalized spacial score (nSPS) is 30.5. The molecule has 4 heteroatoms. The lowest BCUT2D eigenvalue weighted by Gasteiger charge is -2.26. The Labute approximate surface area is 104 Å². The van der Waals surface area contributed by atoms with Crippen LogP contribution in [0.15, 0.2) is 0 Å². The van der Waals surface area contributed by atoms with Crippen LogP contribution in [-0.4, -0.2) is 36.0 Å². The zero-order chi connectivity index (χ0) is 10.8. The molecule has 0 aromatic rings. The summed E-state index contributed by atoms with van der Waals surface area (Å²) >= 11 is 0. The lowest BCUT2D eigenvalue weighted by molar-refractivity contribution is -0.135. The highest BCUT2D eigenvalue weighted by Crippen LogP contribution is 2.21. The summed E-state index contributed by atoms with van der Waals surface area (Å²) in [7, 11) is 0. The molecule has 1 amide bonds. The second-order valence-corrected chi connectivity index (χ2v) is 5.02. The molecule has 0 aromatic heterocycles. The molecule has 3 unspecified atom stereocenters. The fourth-order valence-electron chi connectivity index (χ4n) is 2.63. The van der Waals surface area contributed by atoms with E-state index in [-0.39, 0.29) is 18.3 Å². The van der Waals surface area contributed by atoms with Gasteiger partial charge in [0.05, 0.1) is 0 Å². The van der Waals surface area contributed by atoms with Gasteiger partial charge in [0, 0.05) is 31.1 Å². The molecule has 0 radical (unpaired) electrons. The Bertz CT molecular complexity index is 247. The Morgan fingerprint density at radius 1 is 1.38 bits per heavy atom. The number of nitrogens with zero attached hydrogens (tertiary/aromatic N) is 1. The number of rotatable bonds is 2. The molecule has 2 bridgehead atoms. The second kappa shape index (κ2) is 5.87. The predicted octanol–water partition coefficient (Wildman–Crippen LogP) is 1.81. The quantitative estimate of drug-likeness (QED) is 0.806. The maximum atomic E-state index is 12.1. The molecule has 2 rings (SSSR count). The molecule has 16 heavy (non-hydrogen) atoms. The van der Waals surface area contributed by atoms with E-state index in [0.29, 0.717) is 18.0 Å². The van der Waals surface area contributed by atoms with Crippen molar-refractivity contribution in [1.29, 1.82) is 0 Å². The van der Waals surface area contributed by atoms with E-state index in [1.54, 1.807) is 0 Å². The van der Waals surface area contributed by atoms with Crippen molar-refractivity contribution < 1.29 is 4.79 Å². The molecular formula is C12H23ClN2O. The zero-order valence-corrected chi connectivity index (χ0v) is 11.1. The van der Waals surface area contributed by atoms with E-state index in [1.165, 1.54) is 12.8 Å². The van der Waals surface area contributed by atoms with Gasteiger partial charge in [0.25, 0.3) is 0 Å². The highest BCUT2D eigenvalue weighted by atomic mass is 35.5. The molecule has 0 aromatic carbocycles. The Kier molecular flexibility index (Phi) is 5.06. The van der Waals surface area contributed by atoms with Gasteiger partial charge in [0.15, 0.2) is 0 Å². The molecule has 2 fully saturated rings. The highest BCUT2D eigenvalue weighted by Gasteiger charge is 2.31. The van der Waals surface area contributed by atoms with Gasteiger partial charge in [0.1, 0.15) is 0 Å². The van der Waals surface area contributed by atoms with Crippen molar-refractivity contribution in [3.05, 3.63) is 0 Å². The average Bonchev–Trinajstić information content (AvgIpc) is 2.56. The number of hydrogen-bond acceptors (Lipinski definition) is 2. The smallest absolute Gasteiger partial charge is 0.225 e. The Morgan fingerprint density at radius 3 is 2.75 bits per heavy atom. The first-order valence-corrected chi connectivity index (χ1v) is 6.25. The lowest BCUT2D eigenvalue weighted by Crippen LogP contribution is -2.41. The van der Waals surface area contributed by atoms with Crippen molar-refractivity contribution in [3.8, 4) is 0 Å². The van der Waals surface area contributed by atoms with Crippen LogP contribution in [0.4, 0.5) is 0 Å². The molecular weight excluding hydrogens is 224 g/mol. The molecule has 94 valence electrons. The van der Waals surface area contributed by atoms with Gasteiger partial charge >= 0.3 is 0 Å². The van der Waals surface area contributed by atoms with Crippen molar-refractivity contribution in [2.75, 3.05) is 13.1 Å². The van der Waals surface area contributed by atoms with E-state index in [0.717, 1.165) is 25.9 Å². The third-order valence-corrected chi connectivity index (χ3v) is 3.87. The van der Waals surface area contributed by atoms with Crippen molar-refractivity contribution in [3.63, 3.8) is 0 Å². The summed E-state index contributed by atoms with van der Waals surface area (Å²) in [6.45, 7) is 6.01. The predicted molar refractivity (Wildman–Crippen MR) is 67.8 cm³/mol. The van der Waals surface area contributed by atoms with Gasteiger partial charge in [-0.25, -0.2) is 0 Å². The molecule has 0 saturated carbocycles. The van der Waals surface area contributed by atoms with Crippen LogP contribution < -0.4 is 5.32 Å². The van der Waals surface area contributed by atoms with E-state index >= 15 is 0 Å². The molecule has 2 aliphatic rings. The van der Waals surface area contributed by atoms with Gasteiger partial charge in [-0.2, -0.15) is 0 Å². The van der Waals surface area contributed by atoms with Crippen molar-refractivity contribution in [2.24, 2.45) is 5.92 Å². The summed E-state index contributed by atoms with van der Waals surface area (Å²) in [5, 5.41) is 3.60. The first-order chi connectivity index (χ1) is 7.20. The van der Waals surface area contributed by atoms with Crippen LogP contribution in [0.25, 0.3) is 0 Å². The SMILES string of the molecule is CCC(C)C(=O)N1CCC2CCC(C1)N2.Cl. The van der Waals surface area contributed by atoms with Crippen LogP contribution in [-0.2, 0) is 4.79 Å². The third kappa shape index (κ3) is 2.89. The monoisotopic (exact) mass is 246 g/mol. The van der Waals surface area contributed by atoms with Gasteiger partial charge in [-0.3, -0.25) is 4.79 Å². The number of amides is 1. The van der Waals surface area contributed by atoms with E-state index < -0.39 is 0 Å². The number of nitrogens with one attached hydrogen (secondary N) is 1. The molecule has 0 aliphatic carbocycles. The maximum absolute atomic E-state index is 12.1. The standard InChI is InChI=1S/C12H22N2O.ClH/c1-3-9(2)12(15)14-7-6-10-4-5-11(8-14)13-10;/h9-11,13H,3-8H2,1-2H3;1H. The number of hydrogen-bond donors (Lipinski definition) is 1. The number of carbonyl (C=O) groups excluding carboxylic acids is 1. The molecule has 1 N–H and O–H groups in total. The zero-order valence-electron chi connectivity index (χ0n) is 10.2. The fourth-order valence-corrected chi connectivity index (χ4v) is 2.63. The van der Waals surface area contributed by atoms with Crippen molar-refractivity contribution in [2.45, 2.75) is 51.6 Å². The van der Waals surface area contributed by atoms with Gasteiger partial charge < -0.3 is 10.2 Å². The minimum Gasteiger partial charge on any atom is -0.341 e. The first-order valence-electron chi connectivity index (χ1n) is 6.25. The minimum atomic E-state index is 0. The molecule has 3 atom stereocenters. The second-order valence-electron chi connectivity index (χ2n) is 5.02. The van der Waals surface area contributed by atoms with E-state index in [1.807, 2.05) is 6.92 Å². The summed E-state index contributed by atoms with van der Waals surface area (Å²) in [5.41, 5.74) is 0. The summed E-state index contributed by atoms with van der Waals surface area (Å²) in [4.78, 5) is 14.1. The highest BCUT2D eigenvalue weighted by molar-refractivity contribution is 5.85. The number of carbonyl (C=O) groups is 1. The summed E-state index contributed by atoms with van der Waals surface area (Å²) in [6.07, 6.45) is 4.64. The number of likely N-dealkylation sites (tertiary alicyclic amines) is 1. The van der Waals surface area contributed by atoms with Crippen LogP contribution >= 0.6 is 12.4 Å². The third-order valence-electron chi connectivity index (χ3n) is 3.87.